The summed E-state index contributed by atoms with van der Waals surface area (Å²) in [5, 5.41) is 7.54. The summed E-state index contributed by atoms with van der Waals surface area (Å²) in [5.74, 6) is 0.152. The van der Waals surface area contributed by atoms with E-state index in [2.05, 4.69) is 9.64 Å². The molecule has 1 rings (SSSR count). The molecule has 1 fully saturated rings. The molecule has 1 saturated heterocycles. The van der Waals surface area contributed by atoms with E-state index in [1.165, 1.54) is 7.11 Å². The maximum Gasteiger partial charge on any atom is 0.409 e. The van der Waals surface area contributed by atoms with Crippen LogP contribution in [0.1, 0.15) is 13.8 Å². The molecule has 0 aromatic carbocycles. The molecule has 3 N–H and O–H groups in total. The third-order valence-corrected chi connectivity index (χ3v) is 3.16. The Balaban J connectivity index is 2.55. The Morgan fingerprint density at radius 3 is 2.19 bits per heavy atom. The van der Waals surface area contributed by atoms with E-state index in [4.69, 9.17) is 11.1 Å². The Bertz CT molecular complexity index is 283. The highest BCUT2D eigenvalue weighted by molar-refractivity contribution is 5.86. The number of amides is 1. The topological polar surface area (TPSA) is 82.7 Å². The predicted octanol–water partition coefficient (Wildman–Crippen LogP) is 0.0850. The van der Waals surface area contributed by atoms with Crippen LogP contribution in [0.2, 0.25) is 0 Å². The van der Waals surface area contributed by atoms with Crippen molar-refractivity contribution in [3.8, 4) is 0 Å². The molecular formula is C10H20N4O2. The van der Waals surface area contributed by atoms with Gasteiger partial charge in [0.25, 0.3) is 0 Å². The Labute approximate surface area is 95.8 Å². The monoisotopic (exact) mass is 228 g/mol. The van der Waals surface area contributed by atoms with Crippen LogP contribution in [-0.4, -0.2) is 60.6 Å². The van der Waals surface area contributed by atoms with E-state index in [9.17, 15) is 4.79 Å². The average Bonchev–Trinajstić information content (AvgIpc) is 2.28. The van der Waals surface area contributed by atoms with Crippen molar-refractivity contribution in [3.63, 3.8) is 0 Å². The third-order valence-electron chi connectivity index (χ3n) is 3.16. The zero-order valence-corrected chi connectivity index (χ0v) is 10.1. The van der Waals surface area contributed by atoms with E-state index in [1.807, 2.05) is 13.8 Å². The summed E-state index contributed by atoms with van der Waals surface area (Å²) in [6.07, 6.45) is -0.291. The van der Waals surface area contributed by atoms with Crippen LogP contribution in [0.3, 0.4) is 0 Å². The van der Waals surface area contributed by atoms with E-state index in [1.54, 1.807) is 4.90 Å². The van der Waals surface area contributed by atoms with Gasteiger partial charge in [-0.15, -0.1) is 0 Å². The summed E-state index contributed by atoms with van der Waals surface area (Å²) >= 11 is 0. The van der Waals surface area contributed by atoms with Gasteiger partial charge in [0.15, 0.2) is 0 Å². The number of amidine groups is 1. The normalized spacial score (nSPS) is 18.3. The maximum absolute atomic E-state index is 11.3. The minimum atomic E-state index is -0.442. The highest BCUT2D eigenvalue weighted by Gasteiger charge is 2.33. The van der Waals surface area contributed by atoms with E-state index in [0.29, 0.717) is 26.2 Å². The molecule has 6 nitrogen and oxygen atoms in total. The van der Waals surface area contributed by atoms with Crippen LogP contribution >= 0.6 is 0 Å². The number of nitrogens with zero attached hydrogens (tertiary/aromatic N) is 2. The van der Waals surface area contributed by atoms with Crippen LogP contribution < -0.4 is 5.73 Å². The van der Waals surface area contributed by atoms with Gasteiger partial charge in [0.05, 0.1) is 12.6 Å². The lowest BCUT2D eigenvalue weighted by Crippen LogP contribution is -2.60. The van der Waals surface area contributed by atoms with Crippen LogP contribution in [0.5, 0.6) is 0 Å². The molecule has 1 amide bonds. The van der Waals surface area contributed by atoms with Gasteiger partial charge in [-0.3, -0.25) is 10.3 Å². The molecule has 0 aliphatic carbocycles. The van der Waals surface area contributed by atoms with Crippen molar-refractivity contribution in [1.82, 2.24) is 9.80 Å². The van der Waals surface area contributed by atoms with Crippen molar-refractivity contribution in [1.29, 1.82) is 5.41 Å². The molecule has 16 heavy (non-hydrogen) atoms. The SMILES string of the molecule is COC(=O)N1CCN(C(C)(C)C(=N)N)CC1. The predicted molar refractivity (Wildman–Crippen MR) is 61.5 cm³/mol. The lowest BCUT2D eigenvalue weighted by Gasteiger charge is -2.42. The standard InChI is InChI=1S/C10H20N4O2/c1-10(2,8(11)12)14-6-4-13(5-7-14)9(15)16-3/h4-7H2,1-3H3,(H3,11,12). The summed E-state index contributed by atoms with van der Waals surface area (Å²) in [6.45, 7) is 6.49. The molecule has 6 heteroatoms. The van der Waals surface area contributed by atoms with Gasteiger partial charge >= 0.3 is 6.09 Å². The van der Waals surface area contributed by atoms with Gasteiger partial charge in [-0.05, 0) is 13.8 Å². The Kier molecular flexibility index (Phi) is 3.74. The molecule has 1 aliphatic heterocycles. The van der Waals surface area contributed by atoms with E-state index in [0.717, 1.165) is 0 Å². The van der Waals surface area contributed by atoms with Gasteiger partial charge < -0.3 is 15.4 Å². The second-order valence-corrected chi connectivity index (χ2v) is 4.42. The lowest BCUT2D eigenvalue weighted by molar-refractivity contribution is 0.0680. The highest BCUT2D eigenvalue weighted by Crippen LogP contribution is 2.16. The summed E-state index contributed by atoms with van der Waals surface area (Å²) < 4.78 is 4.66. The number of nitrogens with one attached hydrogen (secondary N) is 1. The molecule has 0 spiro atoms. The Morgan fingerprint density at radius 2 is 1.81 bits per heavy atom. The van der Waals surface area contributed by atoms with E-state index in [-0.39, 0.29) is 11.9 Å². The number of carbonyl (C=O) groups is 1. The fraction of sp³-hybridized carbons (Fsp3) is 0.800. The number of carbonyl (C=O) groups excluding carboxylic acids is 1. The van der Waals surface area contributed by atoms with Gasteiger partial charge in [0.1, 0.15) is 5.84 Å². The third kappa shape index (κ3) is 2.44. The van der Waals surface area contributed by atoms with Crippen molar-refractivity contribution >= 4 is 11.9 Å². The van der Waals surface area contributed by atoms with Crippen molar-refractivity contribution < 1.29 is 9.53 Å². The molecule has 1 heterocycles. The minimum absolute atomic E-state index is 0.152. The van der Waals surface area contributed by atoms with E-state index >= 15 is 0 Å². The number of hydrogen-bond acceptors (Lipinski definition) is 4. The molecule has 0 atom stereocenters. The summed E-state index contributed by atoms with van der Waals surface area (Å²) in [7, 11) is 1.38. The number of nitrogens with two attached hydrogens (primary N) is 1. The first-order valence-electron chi connectivity index (χ1n) is 5.32. The maximum atomic E-state index is 11.3. The first-order chi connectivity index (χ1) is 7.39. The van der Waals surface area contributed by atoms with Crippen LogP contribution in [0.25, 0.3) is 0 Å². The molecular weight excluding hydrogens is 208 g/mol. The molecule has 0 radical (unpaired) electrons. The molecule has 0 unspecified atom stereocenters. The molecule has 0 aromatic heterocycles. The molecule has 0 bridgehead atoms. The van der Waals surface area contributed by atoms with Gasteiger partial charge in [-0.1, -0.05) is 0 Å². The summed E-state index contributed by atoms with van der Waals surface area (Å²) in [4.78, 5) is 15.0. The van der Waals surface area contributed by atoms with Crippen molar-refractivity contribution in [2.45, 2.75) is 19.4 Å². The second-order valence-electron chi connectivity index (χ2n) is 4.42. The Morgan fingerprint density at radius 1 is 1.31 bits per heavy atom. The molecule has 1 aliphatic rings. The minimum Gasteiger partial charge on any atom is -0.453 e. The number of ether oxygens (including phenoxy) is 1. The van der Waals surface area contributed by atoms with Crippen LogP contribution in [0.15, 0.2) is 0 Å². The largest absolute Gasteiger partial charge is 0.453 e. The smallest absolute Gasteiger partial charge is 0.409 e. The summed E-state index contributed by atoms with van der Waals surface area (Å²) in [6, 6.07) is 0. The van der Waals surface area contributed by atoms with Crippen molar-refractivity contribution in [2.75, 3.05) is 33.3 Å². The number of hydrogen-bond donors (Lipinski definition) is 2. The quantitative estimate of drug-likeness (QED) is 0.518. The average molecular weight is 228 g/mol. The molecule has 0 saturated carbocycles. The van der Waals surface area contributed by atoms with E-state index < -0.39 is 5.54 Å². The number of rotatable bonds is 2. The zero-order chi connectivity index (χ0) is 12.3. The second kappa shape index (κ2) is 4.69. The van der Waals surface area contributed by atoms with Gasteiger partial charge in [-0.2, -0.15) is 0 Å². The van der Waals surface area contributed by atoms with Crippen molar-refractivity contribution in [2.24, 2.45) is 5.73 Å². The number of piperazine rings is 1. The van der Waals surface area contributed by atoms with Gasteiger partial charge in [0, 0.05) is 26.2 Å². The molecule has 92 valence electrons. The first-order valence-corrected chi connectivity index (χ1v) is 5.32. The number of methoxy groups -OCH3 is 1. The van der Waals surface area contributed by atoms with Crippen LogP contribution in [0.4, 0.5) is 4.79 Å². The zero-order valence-electron chi connectivity index (χ0n) is 10.1. The van der Waals surface area contributed by atoms with Crippen LogP contribution in [-0.2, 0) is 4.74 Å². The van der Waals surface area contributed by atoms with Crippen molar-refractivity contribution in [3.05, 3.63) is 0 Å². The van der Waals surface area contributed by atoms with Gasteiger partial charge in [-0.25, -0.2) is 4.79 Å². The fourth-order valence-electron chi connectivity index (χ4n) is 1.75. The lowest BCUT2D eigenvalue weighted by atomic mass is 10.0. The van der Waals surface area contributed by atoms with Gasteiger partial charge in [0.2, 0.25) is 0 Å². The fourth-order valence-corrected chi connectivity index (χ4v) is 1.75. The highest BCUT2D eigenvalue weighted by atomic mass is 16.5. The first kappa shape index (κ1) is 12.8. The Hall–Kier alpha value is -1.30. The molecule has 0 aromatic rings. The van der Waals surface area contributed by atoms with Crippen LogP contribution in [0, 0.1) is 5.41 Å². The summed E-state index contributed by atoms with van der Waals surface area (Å²) in [5.41, 5.74) is 5.12.